The molecule has 118 valence electrons. The van der Waals surface area contributed by atoms with E-state index in [1.165, 1.54) is 0 Å². The first-order valence-electron chi connectivity index (χ1n) is 7.53. The molecule has 1 saturated heterocycles. The minimum Gasteiger partial charge on any atom is -0.497 e. The number of methoxy groups -OCH3 is 1. The van der Waals surface area contributed by atoms with Crippen LogP contribution in [0.3, 0.4) is 0 Å². The second kappa shape index (κ2) is 6.46. The summed E-state index contributed by atoms with van der Waals surface area (Å²) >= 11 is 0. The first-order chi connectivity index (χ1) is 10.7. The van der Waals surface area contributed by atoms with Gasteiger partial charge in [0, 0.05) is 13.5 Å². The van der Waals surface area contributed by atoms with Crippen LogP contribution < -0.4 is 4.74 Å². The molecule has 0 spiro atoms. The Morgan fingerprint density at radius 3 is 3.09 bits per heavy atom. The summed E-state index contributed by atoms with van der Waals surface area (Å²) in [6, 6.07) is 7.67. The van der Waals surface area contributed by atoms with Gasteiger partial charge < -0.3 is 14.4 Å². The van der Waals surface area contributed by atoms with Crippen molar-refractivity contribution in [2.45, 2.75) is 31.9 Å². The van der Waals surface area contributed by atoms with Crippen LogP contribution in [0.25, 0.3) is 0 Å². The number of β-amino-alcohol motifs (C(OH)–C–C–N with tert-alkyl or cyclic N) is 1. The lowest BCUT2D eigenvalue weighted by Crippen LogP contribution is -2.29. The van der Waals surface area contributed by atoms with Crippen molar-refractivity contribution in [3.63, 3.8) is 0 Å². The van der Waals surface area contributed by atoms with Crippen LogP contribution in [0.4, 0.5) is 0 Å². The number of aliphatic hydroxyl groups is 1. The smallest absolute Gasteiger partial charge is 0.223 e. The van der Waals surface area contributed by atoms with E-state index in [1.54, 1.807) is 14.0 Å². The van der Waals surface area contributed by atoms with Crippen molar-refractivity contribution in [2.24, 2.45) is 0 Å². The van der Waals surface area contributed by atoms with Gasteiger partial charge in [-0.25, -0.2) is 0 Å². The lowest BCUT2D eigenvalue weighted by atomic mass is 10.1. The summed E-state index contributed by atoms with van der Waals surface area (Å²) in [5, 5.41) is 14.5. The number of likely N-dealkylation sites (tertiary alicyclic amines) is 1. The normalized spacial score (nSPS) is 20.2. The van der Waals surface area contributed by atoms with E-state index >= 15 is 0 Å². The highest BCUT2D eigenvalue weighted by Gasteiger charge is 2.31. The Bertz CT molecular complexity index is 629. The molecule has 0 amide bonds. The molecule has 0 saturated carbocycles. The van der Waals surface area contributed by atoms with Gasteiger partial charge in [0.25, 0.3) is 0 Å². The molecule has 1 aliphatic heterocycles. The SMILES string of the molecule is COc1cccc([C@@H](O)CN2CCC[C@H]2c2noc(C)n2)c1. The maximum atomic E-state index is 10.5. The fourth-order valence-corrected chi connectivity index (χ4v) is 2.96. The van der Waals surface area contributed by atoms with Crippen molar-refractivity contribution in [3.8, 4) is 5.75 Å². The van der Waals surface area contributed by atoms with E-state index in [0.29, 0.717) is 18.3 Å². The zero-order valence-electron chi connectivity index (χ0n) is 12.9. The average Bonchev–Trinajstić information content (AvgIpc) is 3.16. The molecule has 1 aliphatic rings. The number of rotatable bonds is 5. The Morgan fingerprint density at radius 1 is 1.50 bits per heavy atom. The summed E-state index contributed by atoms with van der Waals surface area (Å²) in [5.41, 5.74) is 0.856. The van der Waals surface area contributed by atoms with Crippen molar-refractivity contribution in [1.29, 1.82) is 0 Å². The van der Waals surface area contributed by atoms with Gasteiger partial charge in [-0.05, 0) is 37.1 Å². The zero-order chi connectivity index (χ0) is 15.5. The van der Waals surface area contributed by atoms with Crippen LogP contribution in [-0.4, -0.2) is 40.3 Å². The number of ether oxygens (including phenoxy) is 1. The quantitative estimate of drug-likeness (QED) is 0.913. The highest BCUT2D eigenvalue weighted by Crippen LogP contribution is 2.32. The molecule has 6 nitrogen and oxygen atoms in total. The van der Waals surface area contributed by atoms with Gasteiger partial charge in [0.2, 0.25) is 5.89 Å². The van der Waals surface area contributed by atoms with Crippen LogP contribution in [0, 0.1) is 6.92 Å². The van der Waals surface area contributed by atoms with E-state index in [2.05, 4.69) is 15.0 Å². The molecule has 0 aliphatic carbocycles. The number of aliphatic hydroxyl groups excluding tert-OH is 1. The molecular formula is C16H21N3O3. The van der Waals surface area contributed by atoms with Gasteiger partial charge in [0.15, 0.2) is 5.82 Å². The second-order valence-electron chi connectivity index (χ2n) is 5.62. The molecule has 0 radical (unpaired) electrons. The fraction of sp³-hybridized carbons (Fsp3) is 0.500. The van der Waals surface area contributed by atoms with Crippen molar-refractivity contribution < 1.29 is 14.4 Å². The van der Waals surface area contributed by atoms with Crippen molar-refractivity contribution in [3.05, 3.63) is 41.5 Å². The molecule has 2 heterocycles. The summed E-state index contributed by atoms with van der Waals surface area (Å²) in [6.07, 6.45) is 1.50. The molecule has 2 aromatic rings. The largest absolute Gasteiger partial charge is 0.497 e. The number of nitrogens with zero attached hydrogens (tertiary/aromatic N) is 3. The Balaban J connectivity index is 1.71. The van der Waals surface area contributed by atoms with Crippen molar-refractivity contribution in [2.75, 3.05) is 20.2 Å². The lowest BCUT2D eigenvalue weighted by Gasteiger charge is -2.25. The van der Waals surface area contributed by atoms with Crippen LogP contribution in [-0.2, 0) is 0 Å². The van der Waals surface area contributed by atoms with Gasteiger partial charge in [0.1, 0.15) is 5.75 Å². The number of benzene rings is 1. The molecule has 2 atom stereocenters. The van der Waals surface area contributed by atoms with Crippen LogP contribution in [0.1, 0.15) is 42.3 Å². The number of hydrogen-bond donors (Lipinski definition) is 1. The Hall–Kier alpha value is -1.92. The third kappa shape index (κ3) is 3.13. The Labute approximate surface area is 129 Å². The Kier molecular flexibility index (Phi) is 4.40. The van der Waals surface area contributed by atoms with Crippen LogP contribution in [0.5, 0.6) is 5.75 Å². The molecular weight excluding hydrogens is 282 g/mol. The van der Waals surface area contributed by atoms with E-state index in [0.717, 1.165) is 30.7 Å². The summed E-state index contributed by atoms with van der Waals surface area (Å²) in [5.74, 6) is 2.05. The predicted molar refractivity (Wildman–Crippen MR) is 80.5 cm³/mol. The third-order valence-electron chi connectivity index (χ3n) is 4.09. The summed E-state index contributed by atoms with van der Waals surface area (Å²) in [7, 11) is 1.63. The average molecular weight is 303 g/mol. The molecule has 1 fully saturated rings. The standard InChI is InChI=1S/C16H21N3O3/c1-11-17-16(18-22-11)14-7-4-8-19(14)10-15(20)12-5-3-6-13(9-12)21-2/h3,5-6,9,14-15,20H,4,7-8,10H2,1-2H3/t14-,15-/m0/s1. The minimum absolute atomic E-state index is 0.123. The monoisotopic (exact) mass is 303 g/mol. The number of aryl methyl sites for hydroxylation is 1. The van der Waals surface area contributed by atoms with Crippen LogP contribution in [0.2, 0.25) is 0 Å². The molecule has 3 rings (SSSR count). The summed E-state index contributed by atoms with van der Waals surface area (Å²) in [6.45, 7) is 3.27. The maximum absolute atomic E-state index is 10.5. The minimum atomic E-state index is -0.566. The van der Waals surface area contributed by atoms with E-state index in [9.17, 15) is 5.11 Å². The van der Waals surface area contributed by atoms with E-state index < -0.39 is 6.10 Å². The van der Waals surface area contributed by atoms with Crippen LogP contribution in [0.15, 0.2) is 28.8 Å². The van der Waals surface area contributed by atoms with Gasteiger partial charge in [-0.2, -0.15) is 4.98 Å². The third-order valence-corrected chi connectivity index (χ3v) is 4.09. The molecule has 1 aromatic carbocycles. The summed E-state index contributed by atoms with van der Waals surface area (Å²) in [4.78, 5) is 6.55. The van der Waals surface area contributed by atoms with Gasteiger partial charge >= 0.3 is 0 Å². The van der Waals surface area contributed by atoms with Crippen molar-refractivity contribution in [1.82, 2.24) is 15.0 Å². The second-order valence-corrected chi connectivity index (χ2v) is 5.62. The van der Waals surface area contributed by atoms with Crippen molar-refractivity contribution >= 4 is 0 Å². The highest BCUT2D eigenvalue weighted by atomic mass is 16.5. The van der Waals surface area contributed by atoms with E-state index in [4.69, 9.17) is 9.26 Å². The maximum Gasteiger partial charge on any atom is 0.223 e. The molecule has 1 N–H and O–H groups in total. The van der Waals surface area contributed by atoms with E-state index in [-0.39, 0.29) is 6.04 Å². The molecule has 22 heavy (non-hydrogen) atoms. The zero-order valence-corrected chi connectivity index (χ0v) is 12.9. The number of aromatic nitrogens is 2. The first kappa shape index (κ1) is 15.0. The Morgan fingerprint density at radius 2 is 2.36 bits per heavy atom. The van der Waals surface area contributed by atoms with Gasteiger partial charge in [-0.15, -0.1) is 0 Å². The molecule has 6 heteroatoms. The predicted octanol–water partition coefficient (Wildman–Crippen LogP) is 2.26. The first-order valence-corrected chi connectivity index (χ1v) is 7.53. The summed E-state index contributed by atoms with van der Waals surface area (Å²) < 4.78 is 10.3. The molecule has 0 bridgehead atoms. The van der Waals surface area contributed by atoms with Gasteiger partial charge in [-0.3, -0.25) is 4.90 Å². The van der Waals surface area contributed by atoms with Crippen LogP contribution >= 0.6 is 0 Å². The topological polar surface area (TPSA) is 71.6 Å². The van der Waals surface area contributed by atoms with E-state index in [1.807, 2.05) is 24.3 Å². The van der Waals surface area contributed by atoms with Gasteiger partial charge in [0.05, 0.1) is 19.3 Å². The lowest BCUT2D eigenvalue weighted by molar-refractivity contribution is 0.103. The highest BCUT2D eigenvalue weighted by molar-refractivity contribution is 5.30. The van der Waals surface area contributed by atoms with Gasteiger partial charge in [-0.1, -0.05) is 17.3 Å². The fourth-order valence-electron chi connectivity index (χ4n) is 2.96. The molecule has 1 aromatic heterocycles. The molecule has 0 unspecified atom stereocenters. The number of hydrogen-bond acceptors (Lipinski definition) is 6.